The Labute approximate surface area is 151 Å². The van der Waals surface area contributed by atoms with Gasteiger partial charge < -0.3 is 14.4 Å². The molecule has 130 valence electrons. The number of aryl methyl sites for hydroxylation is 1. The third kappa shape index (κ3) is 4.51. The largest absolute Gasteiger partial charge is 0.482 e. The molecule has 2 aromatic carbocycles. The summed E-state index contributed by atoms with van der Waals surface area (Å²) in [4.78, 5) is 25.8. The van der Waals surface area contributed by atoms with Crippen LogP contribution in [0.25, 0.3) is 0 Å². The lowest BCUT2D eigenvalue weighted by Gasteiger charge is -2.29. The fourth-order valence-corrected chi connectivity index (χ4v) is 2.93. The maximum absolute atomic E-state index is 12.4. The van der Waals surface area contributed by atoms with Crippen molar-refractivity contribution in [1.82, 2.24) is 0 Å². The fraction of sp³-hybridized carbons (Fsp3) is 0.263. The predicted octanol–water partition coefficient (Wildman–Crippen LogP) is 3.24. The molecule has 0 spiro atoms. The van der Waals surface area contributed by atoms with Gasteiger partial charge in [-0.3, -0.25) is 4.79 Å². The number of para-hydroxylation sites is 1. The Bertz CT molecular complexity index is 778. The van der Waals surface area contributed by atoms with E-state index >= 15 is 0 Å². The van der Waals surface area contributed by atoms with Gasteiger partial charge in [0, 0.05) is 17.3 Å². The number of esters is 1. The number of amides is 1. The first-order valence-electron chi connectivity index (χ1n) is 8.06. The maximum atomic E-state index is 12.4. The van der Waals surface area contributed by atoms with Crippen molar-refractivity contribution in [2.75, 3.05) is 24.7 Å². The number of rotatable bonds is 5. The summed E-state index contributed by atoms with van der Waals surface area (Å²) in [7, 11) is 0. The van der Waals surface area contributed by atoms with Gasteiger partial charge in [0.05, 0.1) is 0 Å². The highest BCUT2D eigenvalue weighted by Crippen LogP contribution is 2.26. The van der Waals surface area contributed by atoms with Crippen LogP contribution in [0.15, 0.2) is 48.5 Å². The smallest absolute Gasteiger partial charge is 0.344 e. The first-order chi connectivity index (χ1) is 12.1. The van der Waals surface area contributed by atoms with Gasteiger partial charge in [0.25, 0.3) is 5.91 Å². The van der Waals surface area contributed by atoms with Crippen molar-refractivity contribution in [3.8, 4) is 5.75 Å². The molecule has 0 saturated heterocycles. The van der Waals surface area contributed by atoms with Gasteiger partial charge in [0.2, 0.25) is 0 Å². The molecule has 1 aliphatic heterocycles. The number of nitrogens with zero attached hydrogens (tertiary/aromatic N) is 1. The number of benzene rings is 2. The highest BCUT2D eigenvalue weighted by molar-refractivity contribution is 6.30. The first kappa shape index (κ1) is 17.3. The average molecular weight is 360 g/mol. The Morgan fingerprint density at radius 2 is 1.92 bits per heavy atom. The second-order valence-corrected chi connectivity index (χ2v) is 6.12. The van der Waals surface area contributed by atoms with E-state index in [4.69, 9.17) is 21.1 Å². The van der Waals surface area contributed by atoms with E-state index < -0.39 is 5.97 Å². The van der Waals surface area contributed by atoms with Crippen LogP contribution >= 0.6 is 11.6 Å². The van der Waals surface area contributed by atoms with Crippen LogP contribution in [0.3, 0.4) is 0 Å². The number of anilines is 1. The van der Waals surface area contributed by atoms with Crippen LogP contribution in [-0.2, 0) is 20.7 Å². The number of halogens is 1. The van der Waals surface area contributed by atoms with Gasteiger partial charge in [0.15, 0.2) is 13.2 Å². The summed E-state index contributed by atoms with van der Waals surface area (Å²) in [6, 6.07) is 14.5. The molecule has 0 N–H and O–H groups in total. The molecule has 6 heteroatoms. The van der Waals surface area contributed by atoms with Crippen LogP contribution in [0.4, 0.5) is 5.69 Å². The summed E-state index contributed by atoms with van der Waals surface area (Å²) in [5.41, 5.74) is 2.03. The predicted molar refractivity (Wildman–Crippen MR) is 95.0 cm³/mol. The van der Waals surface area contributed by atoms with Gasteiger partial charge in [-0.2, -0.15) is 0 Å². The Balaban J connectivity index is 1.50. The summed E-state index contributed by atoms with van der Waals surface area (Å²) in [6.07, 6.45) is 1.85. The number of carbonyl (C=O) groups is 2. The molecule has 0 bridgehead atoms. The lowest BCUT2D eigenvalue weighted by Crippen LogP contribution is -2.38. The number of hydrogen-bond donors (Lipinski definition) is 0. The molecule has 0 unspecified atom stereocenters. The van der Waals surface area contributed by atoms with Crippen molar-refractivity contribution >= 4 is 29.2 Å². The third-order valence-electron chi connectivity index (χ3n) is 3.92. The average Bonchev–Trinajstić information content (AvgIpc) is 2.64. The second kappa shape index (κ2) is 8.03. The maximum Gasteiger partial charge on any atom is 0.344 e. The summed E-state index contributed by atoms with van der Waals surface area (Å²) in [5, 5.41) is 0.518. The van der Waals surface area contributed by atoms with Gasteiger partial charge in [-0.1, -0.05) is 35.9 Å². The molecule has 0 aliphatic carbocycles. The Morgan fingerprint density at radius 3 is 2.76 bits per heavy atom. The lowest BCUT2D eigenvalue weighted by molar-refractivity contribution is -0.149. The number of carbonyl (C=O) groups excluding carboxylic acids is 2. The van der Waals surface area contributed by atoms with Crippen molar-refractivity contribution < 1.29 is 19.1 Å². The highest BCUT2D eigenvalue weighted by atomic mass is 35.5. The molecule has 0 fully saturated rings. The molecule has 25 heavy (non-hydrogen) atoms. The molecule has 0 saturated carbocycles. The summed E-state index contributed by atoms with van der Waals surface area (Å²) < 4.78 is 10.3. The van der Waals surface area contributed by atoms with Gasteiger partial charge >= 0.3 is 5.97 Å². The quantitative estimate of drug-likeness (QED) is 0.769. The number of hydrogen-bond acceptors (Lipinski definition) is 4. The minimum Gasteiger partial charge on any atom is -0.482 e. The summed E-state index contributed by atoms with van der Waals surface area (Å²) in [5.74, 6) is -0.359. The van der Waals surface area contributed by atoms with Gasteiger partial charge in [-0.05, 0) is 42.7 Å². The zero-order valence-corrected chi connectivity index (χ0v) is 14.4. The van der Waals surface area contributed by atoms with Crippen LogP contribution in [0.2, 0.25) is 5.02 Å². The highest BCUT2D eigenvalue weighted by Gasteiger charge is 2.23. The molecule has 0 atom stereocenters. The van der Waals surface area contributed by atoms with Crippen LogP contribution in [-0.4, -0.2) is 31.6 Å². The van der Waals surface area contributed by atoms with Gasteiger partial charge in [0.1, 0.15) is 5.75 Å². The molecule has 5 nitrogen and oxygen atoms in total. The van der Waals surface area contributed by atoms with Gasteiger partial charge in [-0.25, -0.2) is 4.79 Å². The number of fused-ring (bicyclic) bond motifs is 1. The Kier molecular flexibility index (Phi) is 5.56. The van der Waals surface area contributed by atoms with E-state index in [1.165, 1.54) is 0 Å². The topological polar surface area (TPSA) is 55.8 Å². The van der Waals surface area contributed by atoms with Crippen molar-refractivity contribution in [3.05, 3.63) is 59.1 Å². The zero-order chi connectivity index (χ0) is 17.6. The Morgan fingerprint density at radius 1 is 1.08 bits per heavy atom. The molecular weight excluding hydrogens is 342 g/mol. The molecule has 3 rings (SSSR count). The fourth-order valence-electron chi connectivity index (χ4n) is 2.75. The molecule has 2 aromatic rings. The van der Waals surface area contributed by atoms with Crippen molar-refractivity contribution in [2.45, 2.75) is 12.8 Å². The molecule has 1 amide bonds. The monoisotopic (exact) mass is 359 g/mol. The molecule has 1 heterocycles. The first-order valence-corrected chi connectivity index (χ1v) is 8.43. The second-order valence-electron chi connectivity index (χ2n) is 5.68. The van der Waals surface area contributed by atoms with Gasteiger partial charge in [-0.15, -0.1) is 0 Å². The Hall–Kier alpha value is -2.53. The van der Waals surface area contributed by atoms with Crippen LogP contribution in [0.1, 0.15) is 12.0 Å². The normalized spacial score (nSPS) is 13.1. The van der Waals surface area contributed by atoms with E-state index in [1.807, 2.05) is 24.3 Å². The molecular formula is C19H18ClNO4. The van der Waals surface area contributed by atoms with Crippen LogP contribution in [0.5, 0.6) is 5.75 Å². The van der Waals surface area contributed by atoms with Crippen LogP contribution in [0, 0.1) is 0 Å². The summed E-state index contributed by atoms with van der Waals surface area (Å²) in [6.45, 7) is 0.0582. The van der Waals surface area contributed by atoms with E-state index in [2.05, 4.69) is 0 Å². The SMILES string of the molecule is O=C(COc1cccc(Cl)c1)OCC(=O)N1CCCc2ccccc21. The van der Waals surface area contributed by atoms with E-state index in [0.29, 0.717) is 17.3 Å². The van der Waals surface area contributed by atoms with Crippen molar-refractivity contribution in [2.24, 2.45) is 0 Å². The van der Waals surface area contributed by atoms with Crippen molar-refractivity contribution in [1.29, 1.82) is 0 Å². The van der Waals surface area contributed by atoms with Crippen molar-refractivity contribution in [3.63, 3.8) is 0 Å². The molecule has 0 aromatic heterocycles. The number of ether oxygens (including phenoxy) is 2. The van der Waals surface area contributed by atoms with E-state index in [9.17, 15) is 9.59 Å². The molecule has 0 radical (unpaired) electrons. The minimum atomic E-state index is -0.598. The standard InChI is InChI=1S/C19H18ClNO4/c20-15-7-3-8-16(11-15)24-13-19(23)25-12-18(22)21-10-4-6-14-5-1-2-9-17(14)21/h1-3,5,7-9,11H,4,6,10,12-13H2. The third-order valence-corrected chi connectivity index (χ3v) is 4.16. The van der Waals surface area contributed by atoms with E-state index in [0.717, 1.165) is 24.1 Å². The molecule has 1 aliphatic rings. The lowest BCUT2D eigenvalue weighted by atomic mass is 10.0. The summed E-state index contributed by atoms with van der Waals surface area (Å²) >= 11 is 5.84. The zero-order valence-electron chi connectivity index (χ0n) is 13.6. The van der Waals surface area contributed by atoms with E-state index in [-0.39, 0.29) is 19.1 Å². The minimum absolute atomic E-state index is 0.233. The van der Waals surface area contributed by atoms with E-state index in [1.54, 1.807) is 29.2 Å². The van der Waals surface area contributed by atoms with Crippen LogP contribution < -0.4 is 9.64 Å².